The largest absolute Gasteiger partial charge is 0.417 e. The minimum absolute atomic E-state index is 0.0704. The molecule has 0 radical (unpaired) electrons. The van der Waals surface area contributed by atoms with Crippen molar-refractivity contribution >= 4 is 16.7 Å². The minimum Gasteiger partial charge on any atom is -0.339 e. The first kappa shape index (κ1) is 21.4. The van der Waals surface area contributed by atoms with Gasteiger partial charge in [0.25, 0.3) is 5.91 Å². The van der Waals surface area contributed by atoms with Gasteiger partial charge in [-0.15, -0.1) is 0 Å². The maximum atomic E-state index is 13.4. The van der Waals surface area contributed by atoms with E-state index in [2.05, 4.69) is 38.1 Å². The highest BCUT2D eigenvalue weighted by Crippen LogP contribution is 2.36. The van der Waals surface area contributed by atoms with Crippen molar-refractivity contribution in [2.75, 3.05) is 13.1 Å². The SMILES string of the molecule is CC(C)c1ccc(C2CCN(C(=O)c3cccc4c(C(F)(F)F)cccc34)CC2)cc1. The molecular formula is C26H26F3NO. The van der Waals surface area contributed by atoms with Crippen LogP contribution in [0.4, 0.5) is 13.2 Å². The molecule has 1 aliphatic heterocycles. The topological polar surface area (TPSA) is 20.3 Å². The first-order valence-corrected chi connectivity index (χ1v) is 10.7. The van der Waals surface area contributed by atoms with Gasteiger partial charge in [-0.25, -0.2) is 0 Å². The van der Waals surface area contributed by atoms with E-state index < -0.39 is 11.7 Å². The smallest absolute Gasteiger partial charge is 0.339 e. The highest BCUT2D eigenvalue weighted by Gasteiger charge is 2.33. The summed E-state index contributed by atoms with van der Waals surface area (Å²) in [6, 6.07) is 17.3. The molecule has 1 saturated heterocycles. The van der Waals surface area contributed by atoms with Crippen LogP contribution in [0.3, 0.4) is 0 Å². The second-order valence-corrected chi connectivity index (χ2v) is 8.59. The van der Waals surface area contributed by atoms with Crippen molar-refractivity contribution in [3.05, 3.63) is 82.9 Å². The van der Waals surface area contributed by atoms with Gasteiger partial charge in [0, 0.05) is 18.7 Å². The van der Waals surface area contributed by atoms with Crippen molar-refractivity contribution in [3.63, 3.8) is 0 Å². The van der Waals surface area contributed by atoms with Crippen molar-refractivity contribution in [1.82, 2.24) is 4.90 Å². The monoisotopic (exact) mass is 425 g/mol. The Morgan fingerprint density at radius 1 is 0.903 bits per heavy atom. The Hall–Kier alpha value is -2.82. The zero-order valence-electron chi connectivity index (χ0n) is 17.7. The molecule has 1 heterocycles. The number of amides is 1. The third-order valence-electron chi connectivity index (χ3n) is 6.31. The Balaban J connectivity index is 1.52. The number of benzene rings is 3. The lowest BCUT2D eigenvalue weighted by molar-refractivity contribution is -0.136. The second kappa shape index (κ2) is 8.37. The van der Waals surface area contributed by atoms with Gasteiger partial charge in [-0.05, 0) is 58.7 Å². The predicted molar refractivity (Wildman–Crippen MR) is 117 cm³/mol. The zero-order valence-corrected chi connectivity index (χ0v) is 17.7. The van der Waals surface area contributed by atoms with Gasteiger partial charge in [0.05, 0.1) is 5.56 Å². The third-order valence-corrected chi connectivity index (χ3v) is 6.31. The lowest BCUT2D eigenvalue weighted by Crippen LogP contribution is -2.38. The summed E-state index contributed by atoms with van der Waals surface area (Å²) in [6.07, 6.45) is -2.75. The standard InChI is InChI=1S/C26H26F3NO/c1-17(2)18-9-11-19(12-10-18)20-13-15-30(16-14-20)25(31)23-7-3-6-22-21(23)5-4-8-24(22)26(27,28)29/h3-12,17,20H,13-16H2,1-2H3. The summed E-state index contributed by atoms with van der Waals surface area (Å²) in [6.45, 7) is 5.55. The highest BCUT2D eigenvalue weighted by molar-refractivity contribution is 6.07. The number of hydrogen-bond acceptors (Lipinski definition) is 1. The Bertz CT molecular complexity index is 1080. The van der Waals surface area contributed by atoms with Gasteiger partial charge >= 0.3 is 6.18 Å². The summed E-state index contributed by atoms with van der Waals surface area (Å²) >= 11 is 0. The fourth-order valence-corrected chi connectivity index (χ4v) is 4.48. The molecule has 2 nitrogen and oxygen atoms in total. The minimum atomic E-state index is -4.45. The molecule has 3 aromatic rings. The summed E-state index contributed by atoms with van der Waals surface area (Å²) in [4.78, 5) is 15.0. The van der Waals surface area contributed by atoms with Gasteiger partial charge in [-0.1, -0.05) is 62.4 Å². The normalized spacial score (nSPS) is 15.6. The molecule has 0 N–H and O–H groups in total. The molecule has 0 bridgehead atoms. The maximum Gasteiger partial charge on any atom is 0.417 e. The predicted octanol–water partition coefficient (Wildman–Crippen LogP) is 7.00. The number of hydrogen-bond donors (Lipinski definition) is 0. The zero-order chi connectivity index (χ0) is 22.2. The number of rotatable bonds is 3. The van der Waals surface area contributed by atoms with Gasteiger partial charge < -0.3 is 4.90 Å². The van der Waals surface area contributed by atoms with Crippen LogP contribution in [0, 0.1) is 0 Å². The number of carbonyl (C=O) groups excluding carboxylic acids is 1. The van der Waals surface area contributed by atoms with E-state index in [0.717, 1.165) is 18.9 Å². The van der Waals surface area contributed by atoms with E-state index in [1.165, 1.54) is 29.3 Å². The first-order valence-electron chi connectivity index (χ1n) is 10.7. The summed E-state index contributed by atoms with van der Waals surface area (Å²) in [5.41, 5.74) is 2.23. The van der Waals surface area contributed by atoms with Gasteiger partial charge in [-0.3, -0.25) is 4.79 Å². The molecule has 1 fully saturated rings. The molecule has 0 spiro atoms. The maximum absolute atomic E-state index is 13.4. The molecule has 0 atom stereocenters. The van der Waals surface area contributed by atoms with Gasteiger partial charge in [0.2, 0.25) is 0 Å². The summed E-state index contributed by atoms with van der Waals surface area (Å²) in [5.74, 6) is 0.695. The molecule has 5 heteroatoms. The number of nitrogens with zero attached hydrogens (tertiary/aromatic N) is 1. The molecular weight excluding hydrogens is 399 g/mol. The first-order chi connectivity index (χ1) is 14.8. The van der Waals surface area contributed by atoms with Crippen LogP contribution in [0.25, 0.3) is 10.8 Å². The van der Waals surface area contributed by atoms with Crippen LogP contribution in [0.15, 0.2) is 60.7 Å². The Morgan fingerprint density at radius 3 is 2.13 bits per heavy atom. The lowest BCUT2D eigenvalue weighted by Gasteiger charge is -2.32. The number of fused-ring (bicyclic) bond motifs is 1. The molecule has 31 heavy (non-hydrogen) atoms. The quantitative estimate of drug-likeness (QED) is 0.442. The van der Waals surface area contributed by atoms with Crippen molar-refractivity contribution in [1.29, 1.82) is 0 Å². The second-order valence-electron chi connectivity index (χ2n) is 8.59. The molecule has 0 aromatic heterocycles. The number of halogens is 3. The third kappa shape index (κ3) is 4.32. The molecule has 162 valence electrons. The Kier molecular flexibility index (Phi) is 5.78. The molecule has 1 amide bonds. The van der Waals surface area contributed by atoms with Crippen LogP contribution >= 0.6 is 0 Å². The molecule has 0 aliphatic carbocycles. The van der Waals surface area contributed by atoms with E-state index in [1.54, 1.807) is 17.0 Å². The van der Waals surface area contributed by atoms with Crippen molar-refractivity contribution in [2.45, 2.75) is 44.7 Å². The van der Waals surface area contributed by atoms with Crippen molar-refractivity contribution in [2.24, 2.45) is 0 Å². The van der Waals surface area contributed by atoms with Gasteiger partial charge in [0.15, 0.2) is 0 Å². The van der Waals surface area contributed by atoms with Gasteiger partial charge in [0.1, 0.15) is 0 Å². The van der Waals surface area contributed by atoms with Crippen molar-refractivity contribution in [3.8, 4) is 0 Å². The van der Waals surface area contributed by atoms with E-state index in [0.29, 0.717) is 35.9 Å². The lowest BCUT2D eigenvalue weighted by atomic mass is 9.88. The van der Waals surface area contributed by atoms with Crippen LogP contribution in [0.1, 0.15) is 65.6 Å². The number of likely N-dealkylation sites (tertiary alicyclic amines) is 1. The fourth-order valence-electron chi connectivity index (χ4n) is 4.48. The van der Waals surface area contributed by atoms with E-state index in [-0.39, 0.29) is 11.3 Å². The fraction of sp³-hybridized carbons (Fsp3) is 0.346. The van der Waals surface area contributed by atoms with E-state index in [9.17, 15) is 18.0 Å². The Labute approximate surface area is 180 Å². The molecule has 0 saturated carbocycles. The van der Waals surface area contributed by atoms with Crippen LogP contribution < -0.4 is 0 Å². The van der Waals surface area contributed by atoms with Crippen LogP contribution in [-0.4, -0.2) is 23.9 Å². The van der Waals surface area contributed by atoms with E-state index in [4.69, 9.17) is 0 Å². The summed E-state index contributed by atoms with van der Waals surface area (Å²) in [5, 5.41) is 0.426. The highest BCUT2D eigenvalue weighted by atomic mass is 19.4. The van der Waals surface area contributed by atoms with Crippen molar-refractivity contribution < 1.29 is 18.0 Å². The van der Waals surface area contributed by atoms with Crippen LogP contribution in [-0.2, 0) is 6.18 Å². The van der Waals surface area contributed by atoms with Crippen LogP contribution in [0.5, 0.6) is 0 Å². The summed E-state index contributed by atoms with van der Waals surface area (Å²) in [7, 11) is 0. The van der Waals surface area contributed by atoms with E-state index in [1.807, 2.05) is 0 Å². The number of carbonyl (C=O) groups is 1. The number of alkyl halides is 3. The molecule has 0 unspecified atom stereocenters. The average Bonchev–Trinajstić information content (AvgIpc) is 2.77. The van der Waals surface area contributed by atoms with Crippen LogP contribution in [0.2, 0.25) is 0 Å². The number of piperidine rings is 1. The van der Waals surface area contributed by atoms with E-state index >= 15 is 0 Å². The summed E-state index contributed by atoms with van der Waals surface area (Å²) < 4.78 is 40.1. The Morgan fingerprint density at radius 2 is 1.52 bits per heavy atom. The average molecular weight is 425 g/mol. The molecule has 1 aliphatic rings. The molecule has 3 aromatic carbocycles. The van der Waals surface area contributed by atoms with Gasteiger partial charge in [-0.2, -0.15) is 13.2 Å². The molecule has 4 rings (SSSR count).